The summed E-state index contributed by atoms with van der Waals surface area (Å²) in [5, 5.41) is 10.5. The van der Waals surface area contributed by atoms with Crippen molar-refractivity contribution in [3.05, 3.63) is 45.8 Å². The van der Waals surface area contributed by atoms with Crippen LogP contribution in [-0.2, 0) is 12.8 Å². The maximum absolute atomic E-state index is 9.69. The van der Waals surface area contributed by atoms with Crippen LogP contribution in [0, 0.1) is 35.0 Å². The van der Waals surface area contributed by atoms with Gasteiger partial charge >= 0.3 is 0 Å². The number of nitrogens with zero attached hydrogens (tertiary/aromatic N) is 2. The van der Waals surface area contributed by atoms with Gasteiger partial charge in [0.2, 0.25) is 0 Å². The third kappa shape index (κ3) is 4.24. The van der Waals surface area contributed by atoms with Gasteiger partial charge in [-0.2, -0.15) is 5.26 Å². The largest absolute Gasteiger partial charge is 0.480 e. The molecule has 0 amide bonds. The lowest BCUT2D eigenvalue weighted by Crippen LogP contribution is -2.26. The van der Waals surface area contributed by atoms with Gasteiger partial charge in [0.25, 0.3) is 0 Å². The second-order valence-corrected chi connectivity index (χ2v) is 8.97. The number of ether oxygens (including phenoxy) is 1. The number of terminal acetylenes is 1. The molecule has 1 aliphatic rings. The molecule has 3 nitrogen and oxygen atoms in total. The van der Waals surface area contributed by atoms with Crippen LogP contribution in [0.1, 0.15) is 48.8 Å². The molecule has 1 atom stereocenters. The average Bonchev–Trinajstić information content (AvgIpc) is 3.01. The predicted molar refractivity (Wildman–Crippen MR) is 112 cm³/mol. The highest BCUT2D eigenvalue weighted by atomic mass is 32.1. The van der Waals surface area contributed by atoms with E-state index in [1.165, 1.54) is 10.4 Å². The van der Waals surface area contributed by atoms with Crippen LogP contribution < -0.4 is 4.74 Å². The summed E-state index contributed by atoms with van der Waals surface area (Å²) in [5.41, 5.74) is 3.08. The second kappa shape index (κ2) is 7.99. The molecule has 1 heterocycles. The number of nitriles is 1. The highest BCUT2D eigenvalue weighted by Crippen LogP contribution is 2.44. The summed E-state index contributed by atoms with van der Waals surface area (Å²) in [4.78, 5) is 5.97. The Kier molecular flexibility index (Phi) is 5.68. The minimum absolute atomic E-state index is 0.218. The molecule has 1 aromatic heterocycles. The summed E-state index contributed by atoms with van der Waals surface area (Å²) in [6.45, 7) is 7.12. The minimum atomic E-state index is 0.218. The Balaban J connectivity index is 1.89. The number of hydrogen-bond donors (Lipinski definition) is 0. The molecule has 0 N–H and O–H groups in total. The Labute approximate surface area is 165 Å². The smallest absolute Gasteiger partial charge is 0.148 e. The van der Waals surface area contributed by atoms with E-state index in [1.807, 2.05) is 24.3 Å². The van der Waals surface area contributed by atoms with Crippen molar-refractivity contribution in [2.45, 2.75) is 40.0 Å². The standard InChI is InChI=1S/C23H24N2OS/c1-5-12-26-20-9-7-6-8-16(20)15-25-22-19(14-24)18-11-10-17(23(2,3)4)13-21(18)27-22/h1,6-9,15,17H,10-13H2,2-4H3/t17-/m1/s1. The molecular formula is C23H24N2OS. The van der Waals surface area contributed by atoms with E-state index in [0.29, 0.717) is 11.7 Å². The van der Waals surface area contributed by atoms with Gasteiger partial charge in [-0.15, -0.1) is 17.8 Å². The molecule has 1 aliphatic carbocycles. The van der Waals surface area contributed by atoms with E-state index in [1.54, 1.807) is 17.6 Å². The van der Waals surface area contributed by atoms with Crippen molar-refractivity contribution < 1.29 is 4.74 Å². The molecule has 0 unspecified atom stereocenters. The van der Waals surface area contributed by atoms with E-state index >= 15 is 0 Å². The van der Waals surface area contributed by atoms with E-state index in [-0.39, 0.29) is 12.0 Å². The summed E-state index contributed by atoms with van der Waals surface area (Å²) in [6, 6.07) is 10.0. The van der Waals surface area contributed by atoms with Crippen molar-refractivity contribution in [3.63, 3.8) is 0 Å². The van der Waals surface area contributed by atoms with Crippen LogP contribution in [0.25, 0.3) is 0 Å². The van der Waals surface area contributed by atoms with Crippen molar-refractivity contribution in [1.29, 1.82) is 5.26 Å². The van der Waals surface area contributed by atoms with Crippen molar-refractivity contribution in [2.75, 3.05) is 6.61 Å². The van der Waals surface area contributed by atoms with Crippen LogP contribution >= 0.6 is 11.3 Å². The average molecular weight is 377 g/mol. The molecule has 0 fully saturated rings. The number of thiophene rings is 1. The van der Waals surface area contributed by atoms with E-state index < -0.39 is 0 Å². The molecule has 1 aromatic carbocycles. The van der Waals surface area contributed by atoms with Crippen molar-refractivity contribution in [3.8, 4) is 24.2 Å². The number of para-hydroxylation sites is 1. The lowest BCUT2D eigenvalue weighted by atomic mass is 9.72. The number of hydrogen-bond acceptors (Lipinski definition) is 4. The second-order valence-electron chi connectivity index (χ2n) is 7.89. The number of aliphatic imine (C=N–C) groups is 1. The van der Waals surface area contributed by atoms with Gasteiger partial charge in [-0.3, -0.25) is 0 Å². The minimum Gasteiger partial charge on any atom is -0.480 e. The molecule has 0 saturated heterocycles. The first-order valence-electron chi connectivity index (χ1n) is 9.18. The third-order valence-corrected chi connectivity index (χ3v) is 6.30. The monoisotopic (exact) mass is 376 g/mol. The maximum atomic E-state index is 9.69. The normalized spacial score (nSPS) is 16.6. The lowest BCUT2D eigenvalue weighted by Gasteiger charge is -2.33. The Morgan fingerprint density at radius 3 is 2.85 bits per heavy atom. The quantitative estimate of drug-likeness (QED) is 0.520. The van der Waals surface area contributed by atoms with Crippen LogP contribution in [0.3, 0.4) is 0 Å². The molecular weight excluding hydrogens is 352 g/mol. The van der Waals surface area contributed by atoms with Gasteiger partial charge in [-0.25, -0.2) is 4.99 Å². The fraction of sp³-hybridized carbons (Fsp3) is 0.391. The first kappa shape index (κ1) is 19.2. The van der Waals surface area contributed by atoms with Crippen molar-refractivity contribution in [2.24, 2.45) is 16.3 Å². The van der Waals surface area contributed by atoms with Gasteiger partial charge in [-0.05, 0) is 48.3 Å². The summed E-state index contributed by atoms with van der Waals surface area (Å²) < 4.78 is 5.58. The summed E-state index contributed by atoms with van der Waals surface area (Å²) >= 11 is 1.66. The van der Waals surface area contributed by atoms with Crippen LogP contribution in [-0.4, -0.2) is 12.8 Å². The first-order chi connectivity index (χ1) is 12.9. The zero-order valence-electron chi connectivity index (χ0n) is 16.1. The summed E-state index contributed by atoms with van der Waals surface area (Å²) in [5.74, 6) is 3.82. The van der Waals surface area contributed by atoms with Gasteiger partial charge in [0.05, 0.1) is 5.56 Å². The first-order valence-corrected chi connectivity index (χ1v) is 9.99. The Morgan fingerprint density at radius 1 is 1.37 bits per heavy atom. The molecule has 0 spiro atoms. The van der Waals surface area contributed by atoms with Crippen LogP contribution in [0.4, 0.5) is 5.00 Å². The van der Waals surface area contributed by atoms with Gasteiger partial charge in [-0.1, -0.05) is 38.8 Å². The van der Waals surface area contributed by atoms with Crippen LogP contribution in [0.5, 0.6) is 5.75 Å². The van der Waals surface area contributed by atoms with Crippen LogP contribution in [0.15, 0.2) is 29.3 Å². The summed E-state index contributed by atoms with van der Waals surface area (Å²) in [7, 11) is 0. The van der Waals surface area contributed by atoms with Gasteiger partial charge in [0.1, 0.15) is 23.4 Å². The fourth-order valence-electron chi connectivity index (χ4n) is 3.48. The molecule has 0 bridgehead atoms. The maximum Gasteiger partial charge on any atom is 0.148 e. The van der Waals surface area contributed by atoms with Crippen LogP contribution in [0.2, 0.25) is 0 Å². The van der Waals surface area contributed by atoms with E-state index in [4.69, 9.17) is 11.2 Å². The number of fused-ring (bicyclic) bond motifs is 1. The molecule has 0 radical (unpaired) electrons. The van der Waals surface area contributed by atoms with E-state index in [0.717, 1.165) is 35.4 Å². The number of rotatable bonds is 4. The van der Waals surface area contributed by atoms with Gasteiger partial charge in [0, 0.05) is 16.7 Å². The SMILES string of the molecule is C#CCOc1ccccc1C=Nc1sc2c(c1C#N)CC[C@@H](C(C)(C)C)C2. The molecule has 138 valence electrons. The zero-order valence-corrected chi connectivity index (χ0v) is 16.9. The highest BCUT2D eigenvalue weighted by Gasteiger charge is 2.32. The Hall–Kier alpha value is -2.56. The molecule has 4 heteroatoms. The molecule has 0 saturated carbocycles. The van der Waals surface area contributed by atoms with Gasteiger partial charge in [0.15, 0.2) is 0 Å². The fourth-order valence-corrected chi connectivity index (χ4v) is 4.70. The van der Waals surface area contributed by atoms with Crippen molar-refractivity contribution in [1.82, 2.24) is 0 Å². The predicted octanol–water partition coefficient (Wildman–Crippen LogP) is 5.53. The topological polar surface area (TPSA) is 45.4 Å². The summed E-state index contributed by atoms with van der Waals surface area (Å²) in [6.07, 6.45) is 10.2. The zero-order chi connectivity index (χ0) is 19.4. The van der Waals surface area contributed by atoms with Gasteiger partial charge < -0.3 is 4.74 Å². The number of benzene rings is 1. The molecule has 0 aliphatic heterocycles. The third-order valence-electron chi connectivity index (χ3n) is 5.13. The van der Waals surface area contributed by atoms with Crippen molar-refractivity contribution >= 4 is 22.6 Å². The molecule has 2 aromatic rings. The molecule has 3 rings (SSSR count). The Bertz CT molecular complexity index is 935. The Morgan fingerprint density at radius 2 is 2.15 bits per heavy atom. The van der Waals surface area contributed by atoms with E-state index in [9.17, 15) is 5.26 Å². The lowest BCUT2D eigenvalue weighted by molar-refractivity contribution is 0.218. The highest BCUT2D eigenvalue weighted by molar-refractivity contribution is 7.16. The van der Waals surface area contributed by atoms with E-state index in [2.05, 4.69) is 37.8 Å². The molecule has 27 heavy (non-hydrogen) atoms.